The SMILES string of the molecule is C/C=C\COCc1cc(C=O)no1.C=C.C=C(C)F.CNCC1CCOC1. The van der Waals surface area contributed by atoms with Gasteiger partial charge in [-0.2, -0.15) is 0 Å². The van der Waals surface area contributed by atoms with Crippen molar-refractivity contribution in [1.82, 2.24) is 10.5 Å². The van der Waals surface area contributed by atoms with Crippen molar-refractivity contribution >= 4 is 6.29 Å². The van der Waals surface area contributed by atoms with Crippen LogP contribution < -0.4 is 5.32 Å². The molecule has 0 aliphatic carbocycles. The summed E-state index contributed by atoms with van der Waals surface area (Å²) in [5.74, 6) is 1.01. The molecule has 6 nitrogen and oxygen atoms in total. The van der Waals surface area contributed by atoms with Gasteiger partial charge in [-0.1, -0.05) is 23.9 Å². The van der Waals surface area contributed by atoms with E-state index in [0.717, 1.165) is 25.7 Å². The second-order valence-electron chi connectivity index (χ2n) is 5.38. The fourth-order valence-electron chi connectivity index (χ4n) is 1.81. The minimum absolute atomic E-state index is 0.296. The standard InChI is InChI=1S/C9H11NO3.C6H13NO.C3H5F.C2H4/c1-2-3-4-12-7-9-5-8(6-11)10-13-9;1-7-4-6-2-3-8-5-6;1-3(2)4;1-2/h2-3,5-6H,4,7H2,1H3;6-7H,2-5H2,1H3;1H2,2H3;1-2H2/b3-2-;;;. The van der Waals surface area contributed by atoms with Gasteiger partial charge in [0.05, 0.1) is 19.0 Å². The van der Waals surface area contributed by atoms with Gasteiger partial charge in [0.25, 0.3) is 0 Å². The van der Waals surface area contributed by atoms with Crippen molar-refractivity contribution in [2.45, 2.75) is 26.9 Å². The summed E-state index contributed by atoms with van der Waals surface area (Å²) in [5, 5.41) is 6.62. The van der Waals surface area contributed by atoms with Crippen LogP contribution in [-0.2, 0) is 16.1 Å². The number of hydrogen-bond acceptors (Lipinski definition) is 6. The molecule has 0 bridgehead atoms. The van der Waals surface area contributed by atoms with Crippen LogP contribution in [0.5, 0.6) is 0 Å². The van der Waals surface area contributed by atoms with E-state index in [1.54, 1.807) is 6.07 Å². The number of halogens is 1. The predicted octanol–water partition coefficient (Wildman–Crippen LogP) is 4.11. The molecule has 154 valence electrons. The van der Waals surface area contributed by atoms with Gasteiger partial charge < -0.3 is 19.3 Å². The molecule has 0 spiro atoms. The van der Waals surface area contributed by atoms with E-state index in [1.165, 1.54) is 13.3 Å². The Morgan fingerprint density at radius 3 is 2.63 bits per heavy atom. The largest absolute Gasteiger partial charge is 0.381 e. The zero-order valence-corrected chi connectivity index (χ0v) is 16.7. The summed E-state index contributed by atoms with van der Waals surface area (Å²) in [6, 6.07) is 1.56. The normalized spacial score (nSPS) is 14.9. The molecule has 0 radical (unpaired) electrons. The molecule has 7 heteroatoms. The molecule has 1 unspecified atom stereocenters. The summed E-state index contributed by atoms with van der Waals surface area (Å²) in [6.45, 7) is 16.0. The Morgan fingerprint density at radius 1 is 1.52 bits per heavy atom. The molecule has 2 heterocycles. The molecule has 1 aromatic rings. The lowest BCUT2D eigenvalue weighted by Crippen LogP contribution is -2.18. The monoisotopic (exact) mass is 384 g/mol. The number of hydrogen-bond donors (Lipinski definition) is 1. The highest BCUT2D eigenvalue weighted by atomic mass is 19.1. The Kier molecular flexibility index (Phi) is 20.3. The molecule has 1 atom stereocenters. The number of carbonyl (C=O) groups is 1. The second-order valence-corrected chi connectivity index (χ2v) is 5.38. The first kappa shape index (κ1) is 27.1. The predicted molar refractivity (Wildman–Crippen MR) is 106 cm³/mol. The molecule has 0 aromatic carbocycles. The molecular weight excluding hydrogens is 351 g/mol. The number of aldehydes is 1. The van der Waals surface area contributed by atoms with Crippen LogP contribution in [0, 0.1) is 5.92 Å². The van der Waals surface area contributed by atoms with Gasteiger partial charge in [-0.3, -0.25) is 4.79 Å². The van der Waals surface area contributed by atoms with E-state index in [4.69, 9.17) is 14.0 Å². The summed E-state index contributed by atoms with van der Waals surface area (Å²) >= 11 is 0. The van der Waals surface area contributed by atoms with Crippen LogP contribution in [0.15, 0.2) is 48.3 Å². The quantitative estimate of drug-likeness (QED) is 0.433. The number of aromatic nitrogens is 1. The van der Waals surface area contributed by atoms with Crippen LogP contribution in [0.4, 0.5) is 4.39 Å². The summed E-state index contributed by atoms with van der Waals surface area (Å²) in [5.41, 5.74) is 0.296. The van der Waals surface area contributed by atoms with Gasteiger partial charge in [0.15, 0.2) is 12.0 Å². The van der Waals surface area contributed by atoms with Crippen molar-refractivity contribution in [2.75, 3.05) is 33.4 Å². The number of rotatable bonds is 7. The van der Waals surface area contributed by atoms with E-state index < -0.39 is 0 Å². The van der Waals surface area contributed by atoms with Crippen LogP contribution >= 0.6 is 0 Å². The average molecular weight is 384 g/mol. The maximum Gasteiger partial charge on any atom is 0.171 e. The van der Waals surface area contributed by atoms with E-state index in [2.05, 4.69) is 30.2 Å². The molecule has 27 heavy (non-hydrogen) atoms. The summed E-state index contributed by atoms with van der Waals surface area (Å²) < 4.78 is 26.0. The lowest BCUT2D eigenvalue weighted by molar-refractivity contribution is 0.111. The maximum atomic E-state index is 10.8. The Bertz CT molecular complexity index is 508. The lowest BCUT2D eigenvalue weighted by Gasteiger charge is -2.03. The first-order valence-corrected chi connectivity index (χ1v) is 8.66. The lowest BCUT2D eigenvalue weighted by atomic mass is 10.1. The number of allylic oxidation sites excluding steroid dienone is 2. The molecule has 1 aromatic heterocycles. The van der Waals surface area contributed by atoms with Crippen molar-refractivity contribution in [2.24, 2.45) is 5.92 Å². The Morgan fingerprint density at radius 2 is 2.19 bits per heavy atom. The fourth-order valence-corrected chi connectivity index (χ4v) is 1.81. The van der Waals surface area contributed by atoms with E-state index in [9.17, 15) is 9.18 Å². The van der Waals surface area contributed by atoms with Gasteiger partial charge >= 0.3 is 0 Å². The molecule has 2 rings (SSSR count). The maximum absolute atomic E-state index is 10.8. The molecule has 1 saturated heterocycles. The van der Waals surface area contributed by atoms with Gasteiger partial charge in [-0.05, 0) is 39.8 Å². The van der Waals surface area contributed by atoms with E-state index in [1.807, 2.05) is 26.1 Å². The van der Waals surface area contributed by atoms with Crippen LogP contribution in [0.25, 0.3) is 0 Å². The molecular formula is C20H33FN2O4. The third-order valence-electron chi connectivity index (χ3n) is 2.91. The Balaban J connectivity index is 0. The van der Waals surface area contributed by atoms with Crippen LogP contribution in [-0.4, -0.2) is 44.9 Å². The molecule has 1 aliphatic heterocycles. The smallest absolute Gasteiger partial charge is 0.171 e. The highest BCUT2D eigenvalue weighted by Gasteiger charge is 2.13. The minimum atomic E-state index is -0.333. The first-order valence-electron chi connectivity index (χ1n) is 8.66. The van der Waals surface area contributed by atoms with Crippen molar-refractivity contribution in [3.8, 4) is 0 Å². The highest BCUT2D eigenvalue weighted by molar-refractivity contribution is 5.71. The Hall–Kier alpha value is -2.09. The first-order chi connectivity index (χ1) is 13.0. The molecule has 1 fully saturated rings. The van der Waals surface area contributed by atoms with Gasteiger partial charge in [0.1, 0.15) is 12.3 Å². The third-order valence-corrected chi connectivity index (χ3v) is 2.91. The van der Waals surface area contributed by atoms with E-state index in [-0.39, 0.29) is 5.83 Å². The summed E-state index contributed by atoms with van der Waals surface area (Å²) in [6.07, 6.45) is 5.66. The topological polar surface area (TPSA) is 73.6 Å². The number of carbonyl (C=O) groups excluding carboxylic acids is 1. The second kappa shape index (κ2) is 20.2. The van der Waals surface area contributed by atoms with Gasteiger partial charge in [-0.15, -0.1) is 13.2 Å². The van der Waals surface area contributed by atoms with Crippen LogP contribution in [0.1, 0.15) is 36.5 Å². The van der Waals surface area contributed by atoms with Crippen LogP contribution in [0.2, 0.25) is 0 Å². The minimum Gasteiger partial charge on any atom is -0.381 e. The summed E-state index contributed by atoms with van der Waals surface area (Å²) in [7, 11) is 1.98. The van der Waals surface area contributed by atoms with Gasteiger partial charge in [0.2, 0.25) is 0 Å². The van der Waals surface area contributed by atoms with E-state index >= 15 is 0 Å². The molecule has 1 aliphatic rings. The third kappa shape index (κ3) is 18.5. The van der Waals surface area contributed by atoms with Crippen molar-refractivity contribution < 1.29 is 23.2 Å². The van der Waals surface area contributed by atoms with Gasteiger partial charge in [-0.25, -0.2) is 4.39 Å². The molecule has 0 saturated carbocycles. The van der Waals surface area contributed by atoms with Crippen molar-refractivity contribution in [1.29, 1.82) is 0 Å². The Labute approximate surface area is 162 Å². The van der Waals surface area contributed by atoms with Gasteiger partial charge in [0, 0.05) is 12.7 Å². The number of nitrogens with one attached hydrogen (secondary N) is 1. The van der Waals surface area contributed by atoms with Crippen molar-refractivity contribution in [3.05, 3.63) is 55.2 Å². The summed E-state index contributed by atoms with van der Waals surface area (Å²) in [4.78, 5) is 10.2. The zero-order valence-electron chi connectivity index (χ0n) is 16.7. The highest BCUT2D eigenvalue weighted by Crippen LogP contribution is 2.09. The zero-order chi connectivity index (χ0) is 20.9. The van der Waals surface area contributed by atoms with Crippen LogP contribution in [0.3, 0.4) is 0 Å². The molecule has 1 N–H and O–H groups in total. The number of nitrogens with zero attached hydrogens (tertiary/aromatic N) is 1. The van der Waals surface area contributed by atoms with E-state index in [0.29, 0.717) is 31.0 Å². The molecule has 0 amide bonds. The average Bonchev–Trinajstić information content (AvgIpc) is 3.33. The fraction of sp³-hybridized carbons (Fsp3) is 0.500. The number of ether oxygens (including phenoxy) is 2. The van der Waals surface area contributed by atoms with Crippen molar-refractivity contribution in [3.63, 3.8) is 0 Å².